The lowest BCUT2D eigenvalue weighted by molar-refractivity contribution is -0.141. The van der Waals surface area contributed by atoms with E-state index in [0.29, 0.717) is 26.1 Å². The Morgan fingerprint density at radius 2 is 1.96 bits per heavy atom. The maximum Gasteiger partial charge on any atom is 0.306 e. The van der Waals surface area contributed by atoms with E-state index in [4.69, 9.17) is 9.84 Å². The van der Waals surface area contributed by atoms with Crippen molar-refractivity contribution in [2.45, 2.75) is 45.8 Å². The molecule has 1 fully saturated rings. The summed E-state index contributed by atoms with van der Waals surface area (Å²) < 4.78 is 5.67. The Balaban J connectivity index is 1.77. The first-order valence-corrected chi connectivity index (χ1v) is 8.04. The van der Waals surface area contributed by atoms with Gasteiger partial charge < -0.3 is 15.2 Å². The molecule has 1 aliphatic rings. The Morgan fingerprint density at radius 1 is 1.26 bits per heavy atom. The SMILES string of the molecule is CC(C)(COCc1ccccc1)C(=O)N[C@@H]1CC[C@H](C(=O)O)C1. The van der Waals surface area contributed by atoms with E-state index >= 15 is 0 Å². The van der Waals surface area contributed by atoms with Crippen LogP contribution in [0.1, 0.15) is 38.7 Å². The Hall–Kier alpha value is -1.88. The van der Waals surface area contributed by atoms with Crippen LogP contribution in [-0.4, -0.2) is 29.6 Å². The van der Waals surface area contributed by atoms with Gasteiger partial charge in [-0.1, -0.05) is 30.3 Å². The van der Waals surface area contributed by atoms with E-state index in [9.17, 15) is 9.59 Å². The fraction of sp³-hybridized carbons (Fsp3) is 0.556. The molecule has 0 aromatic heterocycles. The first kappa shape index (κ1) is 17.5. The normalized spacial score (nSPS) is 21.1. The van der Waals surface area contributed by atoms with Gasteiger partial charge in [-0.15, -0.1) is 0 Å². The zero-order valence-corrected chi connectivity index (χ0v) is 13.7. The van der Waals surface area contributed by atoms with Gasteiger partial charge in [0.25, 0.3) is 0 Å². The number of aliphatic carboxylic acids is 1. The van der Waals surface area contributed by atoms with Crippen molar-refractivity contribution in [3.8, 4) is 0 Å². The largest absolute Gasteiger partial charge is 0.481 e. The number of ether oxygens (including phenoxy) is 1. The monoisotopic (exact) mass is 319 g/mol. The summed E-state index contributed by atoms with van der Waals surface area (Å²) in [5.41, 5.74) is 0.430. The summed E-state index contributed by atoms with van der Waals surface area (Å²) in [5.74, 6) is -1.19. The lowest BCUT2D eigenvalue weighted by atomic mass is 9.93. The van der Waals surface area contributed by atoms with E-state index in [1.165, 1.54) is 0 Å². The van der Waals surface area contributed by atoms with E-state index in [0.717, 1.165) is 12.0 Å². The average Bonchev–Trinajstić information content (AvgIpc) is 2.97. The highest BCUT2D eigenvalue weighted by molar-refractivity contribution is 5.82. The minimum Gasteiger partial charge on any atom is -0.481 e. The van der Waals surface area contributed by atoms with Gasteiger partial charge >= 0.3 is 5.97 Å². The summed E-state index contributed by atoms with van der Waals surface area (Å²) in [6.45, 7) is 4.48. The van der Waals surface area contributed by atoms with Crippen molar-refractivity contribution in [1.82, 2.24) is 5.32 Å². The van der Waals surface area contributed by atoms with Gasteiger partial charge in [-0.25, -0.2) is 0 Å². The summed E-state index contributed by atoms with van der Waals surface area (Å²) >= 11 is 0. The molecule has 2 N–H and O–H groups in total. The third kappa shape index (κ3) is 5.06. The number of carboxylic acid groups (broad SMARTS) is 1. The Labute approximate surface area is 137 Å². The number of rotatable bonds is 7. The number of benzene rings is 1. The van der Waals surface area contributed by atoms with Crippen LogP contribution in [0.3, 0.4) is 0 Å². The number of carbonyl (C=O) groups is 2. The van der Waals surface area contributed by atoms with Crippen molar-refractivity contribution in [3.63, 3.8) is 0 Å². The molecular weight excluding hydrogens is 294 g/mol. The highest BCUT2D eigenvalue weighted by Gasteiger charge is 2.34. The number of carbonyl (C=O) groups excluding carboxylic acids is 1. The number of nitrogens with one attached hydrogen (secondary N) is 1. The maximum absolute atomic E-state index is 12.4. The summed E-state index contributed by atoms with van der Waals surface area (Å²) in [6, 6.07) is 9.78. The molecule has 1 aromatic carbocycles. The van der Waals surface area contributed by atoms with Crippen LogP contribution in [0.5, 0.6) is 0 Å². The van der Waals surface area contributed by atoms with Crippen LogP contribution in [0.15, 0.2) is 30.3 Å². The first-order valence-electron chi connectivity index (χ1n) is 8.04. The van der Waals surface area contributed by atoms with E-state index in [1.54, 1.807) is 0 Å². The minimum atomic E-state index is -0.771. The van der Waals surface area contributed by atoms with Gasteiger partial charge in [-0.3, -0.25) is 9.59 Å². The molecule has 0 heterocycles. The predicted molar refractivity (Wildman–Crippen MR) is 86.8 cm³/mol. The lowest BCUT2D eigenvalue weighted by Crippen LogP contribution is -2.44. The van der Waals surface area contributed by atoms with Crippen LogP contribution in [0, 0.1) is 11.3 Å². The highest BCUT2D eigenvalue weighted by Crippen LogP contribution is 2.27. The van der Waals surface area contributed by atoms with E-state index in [-0.39, 0.29) is 17.9 Å². The van der Waals surface area contributed by atoms with Crippen molar-refractivity contribution in [3.05, 3.63) is 35.9 Å². The van der Waals surface area contributed by atoms with Gasteiger partial charge in [-0.05, 0) is 38.7 Å². The van der Waals surface area contributed by atoms with Gasteiger partial charge in [0.1, 0.15) is 0 Å². The third-order valence-corrected chi connectivity index (χ3v) is 4.31. The quantitative estimate of drug-likeness (QED) is 0.810. The van der Waals surface area contributed by atoms with Crippen molar-refractivity contribution in [1.29, 1.82) is 0 Å². The van der Waals surface area contributed by atoms with Gasteiger partial charge in [0.05, 0.1) is 24.5 Å². The van der Waals surface area contributed by atoms with Crippen LogP contribution in [0.4, 0.5) is 0 Å². The molecule has 1 amide bonds. The molecule has 0 bridgehead atoms. The molecule has 0 aliphatic heterocycles. The molecule has 0 saturated heterocycles. The van der Waals surface area contributed by atoms with Crippen LogP contribution in [-0.2, 0) is 20.9 Å². The third-order valence-electron chi connectivity index (χ3n) is 4.31. The fourth-order valence-corrected chi connectivity index (χ4v) is 2.78. The van der Waals surface area contributed by atoms with Gasteiger partial charge in [0, 0.05) is 6.04 Å². The van der Waals surface area contributed by atoms with Crippen molar-refractivity contribution < 1.29 is 19.4 Å². The number of hydrogen-bond acceptors (Lipinski definition) is 3. The summed E-state index contributed by atoms with van der Waals surface area (Å²) in [5, 5.41) is 12.0. The van der Waals surface area contributed by atoms with Gasteiger partial charge in [0.2, 0.25) is 5.91 Å². The molecule has 0 radical (unpaired) electrons. The number of hydrogen-bond donors (Lipinski definition) is 2. The van der Waals surface area contributed by atoms with Gasteiger partial charge in [-0.2, -0.15) is 0 Å². The van der Waals surface area contributed by atoms with Crippen molar-refractivity contribution in [2.24, 2.45) is 11.3 Å². The topological polar surface area (TPSA) is 75.6 Å². The molecular formula is C18H25NO4. The van der Waals surface area contributed by atoms with Crippen LogP contribution in [0.2, 0.25) is 0 Å². The summed E-state index contributed by atoms with van der Waals surface area (Å²) in [4.78, 5) is 23.4. The molecule has 1 saturated carbocycles. The maximum atomic E-state index is 12.4. The zero-order valence-electron chi connectivity index (χ0n) is 13.7. The molecule has 23 heavy (non-hydrogen) atoms. The van der Waals surface area contributed by atoms with Crippen LogP contribution in [0.25, 0.3) is 0 Å². The first-order chi connectivity index (χ1) is 10.9. The van der Waals surface area contributed by atoms with E-state index in [2.05, 4.69) is 5.32 Å². The summed E-state index contributed by atoms with van der Waals surface area (Å²) in [7, 11) is 0. The Kier molecular flexibility index (Phi) is 5.77. The second-order valence-corrected chi connectivity index (χ2v) is 6.88. The number of amides is 1. The molecule has 2 rings (SSSR count). The van der Waals surface area contributed by atoms with Crippen molar-refractivity contribution in [2.75, 3.05) is 6.61 Å². The molecule has 126 valence electrons. The van der Waals surface area contributed by atoms with Crippen molar-refractivity contribution >= 4 is 11.9 Å². The van der Waals surface area contributed by atoms with E-state index in [1.807, 2.05) is 44.2 Å². The number of carboxylic acids is 1. The minimum absolute atomic E-state index is 0.0444. The molecule has 5 nitrogen and oxygen atoms in total. The summed E-state index contributed by atoms with van der Waals surface area (Å²) in [6.07, 6.45) is 1.87. The molecule has 1 aliphatic carbocycles. The molecule has 1 aromatic rings. The molecule has 0 spiro atoms. The molecule has 2 atom stereocenters. The highest BCUT2D eigenvalue weighted by atomic mass is 16.5. The van der Waals surface area contributed by atoms with E-state index < -0.39 is 11.4 Å². The Bertz CT molecular complexity index is 541. The molecule has 5 heteroatoms. The zero-order chi connectivity index (χ0) is 16.9. The standard InChI is InChI=1S/C18H25NO4/c1-18(2,12-23-11-13-6-4-3-5-7-13)17(22)19-15-9-8-14(10-15)16(20)21/h3-7,14-15H,8-12H2,1-2H3,(H,19,22)(H,20,21)/t14-,15+/m0/s1. The fourth-order valence-electron chi connectivity index (χ4n) is 2.78. The smallest absolute Gasteiger partial charge is 0.306 e. The average molecular weight is 319 g/mol. The Morgan fingerprint density at radius 3 is 2.57 bits per heavy atom. The van der Waals surface area contributed by atoms with Crippen LogP contribution >= 0.6 is 0 Å². The second kappa shape index (κ2) is 7.59. The molecule has 0 unspecified atom stereocenters. The second-order valence-electron chi connectivity index (χ2n) is 6.88. The van der Waals surface area contributed by atoms with Crippen LogP contribution < -0.4 is 5.32 Å². The lowest BCUT2D eigenvalue weighted by Gasteiger charge is -2.25. The van der Waals surface area contributed by atoms with Gasteiger partial charge in [0.15, 0.2) is 0 Å². The predicted octanol–water partition coefficient (Wildman–Crippen LogP) is 2.60.